The summed E-state index contributed by atoms with van der Waals surface area (Å²) in [5.41, 5.74) is 1.09. The number of hydrogen-bond donors (Lipinski definition) is 1. The van der Waals surface area contributed by atoms with E-state index in [4.69, 9.17) is 9.47 Å². The maximum atomic E-state index is 10.3. The van der Waals surface area contributed by atoms with Gasteiger partial charge in [0.25, 0.3) is 0 Å². The number of piperidine rings is 1. The lowest BCUT2D eigenvalue weighted by molar-refractivity contribution is 0.0125. The molecular weight excluding hydrogens is 242 g/mol. The van der Waals surface area contributed by atoms with Gasteiger partial charge in [-0.2, -0.15) is 0 Å². The van der Waals surface area contributed by atoms with Crippen molar-refractivity contribution in [2.24, 2.45) is 0 Å². The van der Waals surface area contributed by atoms with Crippen LogP contribution in [-0.2, 0) is 0 Å². The highest BCUT2D eigenvalue weighted by Gasteiger charge is 2.30. The molecule has 0 bridgehead atoms. The molecule has 106 valence electrons. The van der Waals surface area contributed by atoms with E-state index in [1.807, 2.05) is 18.2 Å². The van der Waals surface area contributed by atoms with Crippen LogP contribution in [0.2, 0.25) is 0 Å². The lowest BCUT2D eigenvalue weighted by Crippen LogP contribution is -2.41. The molecule has 1 saturated heterocycles. The maximum Gasteiger partial charge on any atom is 0.161 e. The molecule has 1 N–H and O–H groups in total. The molecule has 0 radical (unpaired) electrons. The van der Waals surface area contributed by atoms with Gasteiger partial charge in [-0.3, -0.25) is 4.90 Å². The van der Waals surface area contributed by atoms with Crippen LogP contribution in [0.4, 0.5) is 0 Å². The molecule has 19 heavy (non-hydrogen) atoms. The van der Waals surface area contributed by atoms with E-state index in [0.29, 0.717) is 5.75 Å². The maximum absolute atomic E-state index is 10.3. The van der Waals surface area contributed by atoms with Gasteiger partial charge in [0.05, 0.1) is 26.4 Å². The molecule has 0 saturated carbocycles. The number of hydrogen-bond acceptors (Lipinski definition) is 4. The second-order valence-corrected chi connectivity index (χ2v) is 4.90. The number of nitrogens with zero attached hydrogens (tertiary/aromatic N) is 1. The van der Waals surface area contributed by atoms with Crippen molar-refractivity contribution in [3.8, 4) is 11.5 Å². The van der Waals surface area contributed by atoms with E-state index in [1.165, 1.54) is 0 Å². The molecule has 1 heterocycles. The van der Waals surface area contributed by atoms with Gasteiger partial charge in [0.1, 0.15) is 0 Å². The molecule has 2 atom stereocenters. The topological polar surface area (TPSA) is 41.9 Å². The van der Waals surface area contributed by atoms with E-state index < -0.39 is 0 Å². The lowest BCUT2D eigenvalue weighted by Gasteiger charge is -2.38. The van der Waals surface area contributed by atoms with Crippen molar-refractivity contribution in [3.05, 3.63) is 23.8 Å². The zero-order valence-electron chi connectivity index (χ0n) is 11.9. The summed E-state index contributed by atoms with van der Waals surface area (Å²) in [7, 11) is 3.27. The van der Waals surface area contributed by atoms with Crippen LogP contribution in [0.5, 0.6) is 11.5 Å². The van der Waals surface area contributed by atoms with Crippen LogP contribution in [-0.4, -0.2) is 43.4 Å². The normalized spacial score (nSPS) is 24.2. The minimum absolute atomic E-state index is 0.0542. The van der Waals surface area contributed by atoms with Crippen molar-refractivity contribution in [2.75, 3.05) is 27.3 Å². The van der Waals surface area contributed by atoms with E-state index >= 15 is 0 Å². The van der Waals surface area contributed by atoms with Crippen LogP contribution in [0, 0.1) is 0 Å². The molecule has 1 aliphatic heterocycles. The summed E-state index contributed by atoms with van der Waals surface area (Å²) in [6.07, 6.45) is 1.60. The van der Waals surface area contributed by atoms with Gasteiger partial charge in [-0.25, -0.2) is 0 Å². The Hall–Kier alpha value is -1.26. The monoisotopic (exact) mass is 265 g/mol. The number of likely N-dealkylation sites (tertiary alicyclic amines) is 1. The van der Waals surface area contributed by atoms with Crippen molar-refractivity contribution < 1.29 is 14.6 Å². The van der Waals surface area contributed by atoms with Gasteiger partial charge in [-0.15, -0.1) is 0 Å². The Labute approximate surface area is 114 Å². The van der Waals surface area contributed by atoms with Gasteiger partial charge in [-0.05, 0) is 43.6 Å². The summed E-state index contributed by atoms with van der Waals surface area (Å²) >= 11 is 0. The molecule has 4 nitrogen and oxygen atoms in total. The van der Waals surface area contributed by atoms with Crippen LogP contribution in [0.3, 0.4) is 0 Å². The number of aliphatic hydroxyl groups excluding tert-OH is 1. The van der Waals surface area contributed by atoms with Gasteiger partial charge in [-0.1, -0.05) is 13.0 Å². The Balaban J connectivity index is 2.33. The van der Waals surface area contributed by atoms with Crippen molar-refractivity contribution >= 4 is 0 Å². The Morgan fingerprint density at radius 3 is 2.63 bits per heavy atom. The molecule has 0 aliphatic carbocycles. The van der Waals surface area contributed by atoms with Crippen molar-refractivity contribution in [3.63, 3.8) is 0 Å². The number of likely N-dealkylation sites (N-methyl/N-ethyl adjacent to an activating group) is 1. The zero-order chi connectivity index (χ0) is 13.8. The van der Waals surface area contributed by atoms with E-state index in [9.17, 15) is 5.11 Å². The van der Waals surface area contributed by atoms with Gasteiger partial charge >= 0.3 is 0 Å². The molecular formula is C15H23NO3. The fraction of sp³-hybridized carbons (Fsp3) is 0.600. The fourth-order valence-electron chi connectivity index (χ4n) is 2.87. The average molecular weight is 265 g/mol. The van der Waals surface area contributed by atoms with Crippen molar-refractivity contribution in [1.82, 2.24) is 4.90 Å². The minimum Gasteiger partial charge on any atom is -0.493 e. The summed E-state index contributed by atoms with van der Waals surface area (Å²) in [5.74, 6) is 1.44. The first-order valence-electron chi connectivity index (χ1n) is 6.85. The minimum atomic E-state index is -0.313. The zero-order valence-corrected chi connectivity index (χ0v) is 11.9. The van der Waals surface area contributed by atoms with Crippen molar-refractivity contribution in [1.29, 1.82) is 0 Å². The summed E-state index contributed by atoms with van der Waals surface area (Å²) < 4.78 is 10.6. The quantitative estimate of drug-likeness (QED) is 0.906. The van der Waals surface area contributed by atoms with Crippen LogP contribution < -0.4 is 9.47 Å². The smallest absolute Gasteiger partial charge is 0.161 e. The largest absolute Gasteiger partial charge is 0.493 e. The van der Waals surface area contributed by atoms with Crippen LogP contribution >= 0.6 is 0 Å². The molecule has 2 unspecified atom stereocenters. The van der Waals surface area contributed by atoms with Gasteiger partial charge in [0.15, 0.2) is 11.5 Å². The molecule has 1 aliphatic rings. The number of rotatable bonds is 4. The van der Waals surface area contributed by atoms with E-state index in [0.717, 1.165) is 37.2 Å². The van der Waals surface area contributed by atoms with E-state index in [-0.39, 0.29) is 12.1 Å². The predicted molar refractivity (Wildman–Crippen MR) is 74.8 cm³/mol. The second-order valence-electron chi connectivity index (χ2n) is 4.90. The van der Waals surface area contributed by atoms with Crippen LogP contribution in [0.15, 0.2) is 18.2 Å². The number of aliphatic hydroxyl groups is 1. The third-order valence-electron chi connectivity index (χ3n) is 3.86. The highest BCUT2D eigenvalue weighted by molar-refractivity contribution is 5.44. The summed E-state index contributed by atoms with van der Waals surface area (Å²) in [6, 6.07) is 5.95. The Morgan fingerprint density at radius 2 is 2.00 bits per heavy atom. The first-order valence-corrected chi connectivity index (χ1v) is 6.85. The molecule has 1 aromatic carbocycles. The summed E-state index contributed by atoms with van der Waals surface area (Å²) in [4.78, 5) is 2.31. The fourth-order valence-corrected chi connectivity index (χ4v) is 2.87. The van der Waals surface area contributed by atoms with Crippen LogP contribution in [0.1, 0.15) is 31.4 Å². The molecule has 2 rings (SSSR count). The Bertz CT molecular complexity index is 422. The van der Waals surface area contributed by atoms with Gasteiger partial charge < -0.3 is 14.6 Å². The highest BCUT2D eigenvalue weighted by Crippen LogP contribution is 2.36. The lowest BCUT2D eigenvalue weighted by atomic mass is 9.92. The average Bonchev–Trinajstić information content (AvgIpc) is 2.46. The summed E-state index contributed by atoms with van der Waals surface area (Å²) in [5, 5.41) is 10.3. The summed E-state index contributed by atoms with van der Waals surface area (Å²) in [6.45, 7) is 4.11. The number of ether oxygens (including phenoxy) is 2. The standard InChI is InChI=1S/C15H23NO3/c1-4-16-9-5-6-12(17)15(16)11-7-8-13(18-2)14(10-11)19-3/h7-8,10,12,15,17H,4-6,9H2,1-3H3. The van der Waals surface area contributed by atoms with Gasteiger partial charge in [0.2, 0.25) is 0 Å². The Kier molecular flexibility index (Phi) is 4.66. The molecule has 1 aromatic rings. The first kappa shape index (κ1) is 14.2. The molecule has 1 fully saturated rings. The van der Waals surface area contributed by atoms with Crippen molar-refractivity contribution in [2.45, 2.75) is 31.9 Å². The third kappa shape index (κ3) is 2.85. The highest BCUT2D eigenvalue weighted by atomic mass is 16.5. The molecule has 0 spiro atoms. The van der Waals surface area contributed by atoms with E-state index in [2.05, 4.69) is 11.8 Å². The molecule has 0 amide bonds. The van der Waals surface area contributed by atoms with E-state index in [1.54, 1.807) is 14.2 Å². The number of benzene rings is 1. The SMILES string of the molecule is CCN1CCCC(O)C1c1ccc(OC)c(OC)c1. The van der Waals surface area contributed by atoms with Crippen LogP contribution in [0.25, 0.3) is 0 Å². The predicted octanol–water partition coefficient (Wildman–Crippen LogP) is 2.22. The molecule has 0 aromatic heterocycles. The number of methoxy groups -OCH3 is 2. The third-order valence-corrected chi connectivity index (χ3v) is 3.86. The first-order chi connectivity index (χ1) is 9.21. The Morgan fingerprint density at radius 1 is 1.26 bits per heavy atom. The van der Waals surface area contributed by atoms with Gasteiger partial charge in [0, 0.05) is 0 Å². The second kappa shape index (κ2) is 6.26. The molecule has 4 heteroatoms.